The first-order chi connectivity index (χ1) is 9.63. The fraction of sp³-hybridized carbons (Fsp3) is 0.188. The zero-order chi connectivity index (χ0) is 14.5. The molecule has 0 spiro atoms. The van der Waals surface area contributed by atoms with Crippen molar-refractivity contribution in [2.24, 2.45) is 0 Å². The molecule has 0 aliphatic carbocycles. The van der Waals surface area contributed by atoms with Crippen molar-refractivity contribution in [3.63, 3.8) is 0 Å². The number of aryl methyl sites for hydroxylation is 1. The Balaban J connectivity index is 2.18. The van der Waals surface area contributed by atoms with Crippen LogP contribution in [0.3, 0.4) is 0 Å². The third kappa shape index (κ3) is 3.09. The van der Waals surface area contributed by atoms with Gasteiger partial charge in [0.05, 0.1) is 19.8 Å². The summed E-state index contributed by atoms with van der Waals surface area (Å²) in [6.07, 6.45) is 0. The number of benzene rings is 2. The molecule has 0 atom stereocenters. The van der Waals surface area contributed by atoms with Gasteiger partial charge in [-0.15, -0.1) is 0 Å². The van der Waals surface area contributed by atoms with Gasteiger partial charge in [-0.3, -0.25) is 0 Å². The van der Waals surface area contributed by atoms with E-state index in [1.54, 1.807) is 37.4 Å². The van der Waals surface area contributed by atoms with Gasteiger partial charge < -0.3 is 14.2 Å². The Morgan fingerprint density at radius 1 is 0.900 bits per heavy atom. The minimum absolute atomic E-state index is 0.406. The lowest BCUT2D eigenvalue weighted by Gasteiger charge is -2.09. The van der Waals surface area contributed by atoms with E-state index in [1.165, 1.54) is 7.11 Å². The van der Waals surface area contributed by atoms with E-state index in [0.717, 1.165) is 5.56 Å². The molecular formula is C16H16O4. The van der Waals surface area contributed by atoms with Gasteiger partial charge in [0.15, 0.2) is 11.5 Å². The normalized spacial score (nSPS) is 9.95. The van der Waals surface area contributed by atoms with Gasteiger partial charge in [-0.05, 0) is 37.3 Å². The predicted octanol–water partition coefficient (Wildman–Crippen LogP) is 3.23. The number of carbonyl (C=O) groups excluding carboxylic acids is 1. The smallest absolute Gasteiger partial charge is 0.343 e. The van der Waals surface area contributed by atoms with Gasteiger partial charge in [0, 0.05) is 0 Å². The highest BCUT2D eigenvalue weighted by Crippen LogP contribution is 2.28. The average molecular weight is 272 g/mol. The number of carbonyl (C=O) groups is 1. The first-order valence-corrected chi connectivity index (χ1v) is 6.15. The summed E-state index contributed by atoms with van der Waals surface area (Å²) in [5, 5.41) is 0. The van der Waals surface area contributed by atoms with E-state index in [0.29, 0.717) is 22.8 Å². The Bertz CT molecular complexity index is 602. The highest BCUT2D eigenvalue weighted by atomic mass is 16.5. The second kappa shape index (κ2) is 6.10. The Morgan fingerprint density at radius 3 is 2.15 bits per heavy atom. The van der Waals surface area contributed by atoms with Gasteiger partial charge in [-0.1, -0.05) is 17.7 Å². The molecule has 2 aromatic rings. The third-order valence-electron chi connectivity index (χ3n) is 2.85. The van der Waals surface area contributed by atoms with E-state index in [4.69, 9.17) is 14.2 Å². The molecule has 4 nitrogen and oxygen atoms in total. The maximum atomic E-state index is 12.0. The molecule has 0 bridgehead atoms. The van der Waals surface area contributed by atoms with Crippen LogP contribution in [-0.2, 0) is 0 Å². The molecule has 0 aromatic heterocycles. The summed E-state index contributed by atoms with van der Waals surface area (Å²) >= 11 is 0. The number of ether oxygens (including phenoxy) is 3. The molecule has 0 unspecified atom stereocenters. The van der Waals surface area contributed by atoms with Crippen molar-refractivity contribution in [3.8, 4) is 17.2 Å². The van der Waals surface area contributed by atoms with Crippen molar-refractivity contribution < 1.29 is 19.0 Å². The molecular weight excluding hydrogens is 256 g/mol. The standard InChI is InChI=1S/C16H16O4/c1-11-4-7-13(8-5-11)20-16(17)12-6-9-14(18-2)15(10-12)19-3/h4-10H,1-3H3. The fourth-order valence-corrected chi connectivity index (χ4v) is 1.74. The van der Waals surface area contributed by atoms with Gasteiger partial charge in [0.1, 0.15) is 5.75 Å². The van der Waals surface area contributed by atoms with Crippen LogP contribution in [0.2, 0.25) is 0 Å². The van der Waals surface area contributed by atoms with Gasteiger partial charge in [-0.2, -0.15) is 0 Å². The van der Waals surface area contributed by atoms with E-state index < -0.39 is 5.97 Å². The van der Waals surface area contributed by atoms with Gasteiger partial charge >= 0.3 is 5.97 Å². The van der Waals surface area contributed by atoms with Crippen molar-refractivity contribution in [2.45, 2.75) is 6.92 Å². The Kier molecular flexibility index (Phi) is 4.25. The minimum atomic E-state index is -0.435. The summed E-state index contributed by atoms with van der Waals surface area (Å²) in [5.74, 6) is 1.13. The fourth-order valence-electron chi connectivity index (χ4n) is 1.74. The molecule has 4 heteroatoms. The monoisotopic (exact) mass is 272 g/mol. The van der Waals surface area contributed by atoms with Crippen LogP contribution in [0.5, 0.6) is 17.2 Å². The van der Waals surface area contributed by atoms with E-state index >= 15 is 0 Å². The first-order valence-electron chi connectivity index (χ1n) is 6.15. The molecule has 0 aliphatic rings. The number of esters is 1. The highest BCUT2D eigenvalue weighted by molar-refractivity contribution is 5.91. The zero-order valence-corrected chi connectivity index (χ0v) is 11.7. The number of hydrogen-bond acceptors (Lipinski definition) is 4. The summed E-state index contributed by atoms with van der Waals surface area (Å²) in [6, 6.07) is 12.2. The van der Waals surface area contributed by atoms with E-state index in [2.05, 4.69) is 0 Å². The topological polar surface area (TPSA) is 44.8 Å². The summed E-state index contributed by atoms with van der Waals surface area (Å²) in [7, 11) is 3.06. The van der Waals surface area contributed by atoms with Crippen molar-refractivity contribution in [3.05, 3.63) is 53.6 Å². The third-order valence-corrected chi connectivity index (χ3v) is 2.85. The van der Waals surface area contributed by atoms with Crippen LogP contribution in [0.1, 0.15) is 15.9 Å². The lowest BCUT2D eigenvalue weighted by atomic mass is 10.2. The zero-order valence-electron chi connectivity index (χ0n) is 11.7. The van der Waals surface area contributed by atoms with Crippen LogP contribution in [-0.4, -0.2) is 20.2 Å². The lowest BCUT2D eigenvalue weighted by molar-refractivity contribution is 0.0734. The molecule has 0 aliphatic heterocycles. The predicted molar refractivity (Wildman–Crippen MR) is 75.7 cm³/mol. The number of hydrogen-bond donors (Lipinski definition) is 0. The SMILES string of the molecule is COc1ccc(C(=O)Oc2ccc(C)cc2)cc1OC. The lowest BCUT2D eigenvalue weighted by Crippen LogP contribution is -2.08. The molecule has 0 radical (unpaired) electrons. The maximum Gasteiger partial charge on any atom is 0.343 e. The molecule has 0 amide bonds. The van der Waals surface area contributed by atoms with Crippen molar-refractivity contribution in [1.82, 2.24) is 0 Å². The molecule has 0 fully saturated rings. The maximum absolute atomic E-state index is 12.0. The molecule has 20 heavy (non-hydrogen) atoms. The van der Waals surface area contributed by atoms with Crippen molar-refractivity contribution in [1.29, 1.82) is 0 Å². The van der Waals surface area contributed by atoms with Crippen LogP contribution in [0.25, 0.3) is 0 Å². The summed E-state index contributed by atoms with van der Waals surface area (Å²) in [4.78, 5) is 12.0. The van der Waals surface area contributed by atoms with E-state index in [1.807, 2.05) is 19.1 Å². The largest absolute Gasteiger partial charge is 0.493 e. The Morgan fingerprint density at radius 2 is 1.55 bits per heavy atom. The Labute approximate surface area is 117 Å². The quantitative estimate of drug-likeness (QED) is 0.633. The molecule has 0 saturated heterocycles. The average Bonchev–Trinajstić information content (AvgIpc) is 2.48. The molecule has 0 saturated carbocycles. The van der Waals surface area contributed by atoms with Gasteiger partial charge in [-0.25, -0.2) is 4.79 Å². The summed E-state index contributed by atoms with van der Waals surface area (Å²) < 4.78 is 15.6. The summed E-state index contributed by atoms with van der Waals surface area (Å²) in [5.41, 5.74) is 1.51. The Hall–Kier alpha value is -2.49. The van der Waals surface area contributed by atoms with Crippen LogP contribution in [0.15, 0.2) is 42.5 Å². The first kappa shape index (κ1) is 13.9. The molecule has 2 aromatic carbocycles. The summed E-state index contributed by atoms with van der Waals surface area (Å²) in [6.45, 7) is 1.97. The van der Waals surface area contributed by atoms with Gasteiger partial charge in [0.25, 0.3) is 0 Å². The number of methoxy groups -OCH3 is 2. The molecule has 0 N–H and O–H groups in total. The molecule has 0 heterocycles. The highest BCUT2D eigenvalue weighted by Gasteiger charge is 2.12. The second-order valence-corrected chi connectivity index (χ2v) is 4.27. The van der Waals surface area contributed by atoms with Crippen molar-refractivity contribution >= 4 is 5.97 Å². The number of rotatable bonds is 4. The minimum Gasteiger partial charge on any atom is -0.493 e. The van der Waals surface area contributed by atoms with Crippen LogP contribution in [0.4, 0.5) is 0 Å². The van der Waals surface area contributed by atoms with Crippen LogP contribution >= 0.6 is 0 Å². The van der Waals surface area contributed by atoms with E-state index in [9.17, 15) is 4.79 Å². The second-order valence-electron chi connectivity index (χ2n) is 4.27. The molecule has 2 rings (SSSR count). The molecule has 104 valence electrons. The van der Waals surface area contributed by atoms with Crippen molar-refractivity contribution in [2.75, 3.05) is 14.2 Å². The van der Waals surface area contributed by atoms with E-state index in [-0.39, 0.29) is 0 Å². The van der Waals surface area contributed by atoms with Crippen LogP contribution < -0.4 is 14.2 Å². The van der Waals surface area contributed by atoms with Gasteiger partial charge in [0.2, 0.25) is 0 Å². The van der Waals surface area contributed by atoms with Crippen LogP contribution in [0, 0.1) is 6.92 Å².